The van der Waals surface area contributed by atoms with Crippen LogP contribution in [0.15, 0.2) is 24.7 Å². The highest BCUT2D eigenvalue weighted by Gasteiger charge is 2.59. The first-order valence-corrected chi connectivity index (χ1v) is 12.8. The van der Waals surface area contributed by atoms with Crippen LogP contribution < -0.4 is 9.80 Å². The van der Waals surface area contributed by atoms with Crippen LogP contribution in [0.2, 0.25) is 0 Å². The van der Waals surface area contributed by atoms with Crippen molar-refractivity contribution in [3.05, 3.63) is 35.8 Å². The highest BCUT2D eigenvalue weighted by molar-refractivity contribution is 5.76. The molecule has 3 aliphatic rings. The van der Waals surface area contributed by atoms with Gasteiger partial charge in [-0.15, -0.1) is 0 Å². The van der Waals surface area contributed by atoms with E-state index in [1.807, 2.05) is 39.5 Å². The Kier molecular flexibility index (Phi) is 5.83. The van der Waals surface area contributed by atoms with E-state index in [4.69, 9.17) is 9.72 Å². The molecule has 2 fully saturated rings. The fraction of sp³-hybridized carbons (Fsp3) is 0.593. The molecule has 1 N–H and O–H groups in total. The van der Waals surface area contributed by atoms with Crippen molar-refractivity contribution in [3.63, 3.8) is 0 Å². The van der Waals surface area contributed by atoms with Crippen molar-refractivity contribution >= 4 is 23.5 Å². The van der Waals surface area contributed by atoms with E-state index in [-0.39, 0.29) is 23.6 Å². The molecule has 37 heavy (non-hydrogen) atoms. The number of amides is 1. The summed E-state index contributed by atoms with van der Waals surface area (Å²) < 4.78 is 5.65. The van der Waals surface area contributed by atoms with Crippen molar-refractivity contribution in [2.24, 2.45) is 0 Å². The monoisotopic (exact) mass is 505 g/mol. The van der Waals surface area contributed by atoms with Gasteiger partial charge in [0.15, 0.2) is 0 Å². The molecule has 0 aromatic carbocycles. The van der Waals surface area contributed by atoms with Crippen molar-refractivity contribution in [1.29, 1.82) is 5.26 Å². The summed E-state index contributed by atoms with van der Waals surface area (Å²) >= 11 is 0. The van der Waals surface area contributed by atoms with Gasteiger partial charge in [0.2, 0.25) is 0 Å². The highest BCUT2D eigenvalue weighted by atomic mass is 16.6. The molecule has 5 rings (SSSR count). The largest absolute Gasteiger partial charge is 0.444 e. The van der Waals surface area contributed by atoms with Crippen LogP contribution in [0, 0.1) is 11.3 Å². The molecule has 196 valence electrons. The number of carbonyl (C=O) groups excluding carboxylic acids is 1. The molecule has 0 unspecified atom stereocenters. The van der Waals surface area contributed by atoms with Crippen LogP contribution in [-0.2, 0) is 10.2 Å². The lowest BCUT2D eigenvalue weighted by Crippen LogP contribution is -2.60. The number of fused-ring (bicyclic) bond motifs is 2. The number of hydrogen-bond acceptors (Lipinski definition) is 9. The zero-order chi connectivity index (χ0) is 26.8. The Morgan fingerprint density at radius 1 is 1.16 bits per heavy atom. The SMILES string of the molecule is C[C@@H]1CN(c2ncnc3c2C2(CN3c3cc(C#N)ccn3)CC(C)(O)C2)[C@@H](C)CN1C(=O)OC(C)(C)C. The lowest BCUT2D eigenvalue weighted by Gasteiger charge is -2.51. The van der Waals surface area contributed by atoms with Crippen LogP contribution >= 0.6 is 0 Å². The first-order valence-electron chi connectivity index (χ1n) is 12.8. The van der Waals surface area contributed by atoms with Gasteiger partial charge in [-0.05, 0) is 66.5 Å². The molecule has 4 heterocycles. The Morgan fingerprint density at radius 2 is 1.86 bits per heavy atom. The number of piperazine rings is 1. The van der Waals surface area contributed by atoms with Crippen LogP contribution in [0.1, 0.15) is 65.5 Å². The van der Waals surface area contributed by atoms with Crippen molar-refractivity contribution < 1.29 is 14.6 Å². The zero-order valence-electron chi connectivity index (χ0n) is 22.4. The predicted molar refractivity (Wildman–Crippen MR) is 139 cm³/mol. The second-order valence-electron chi connectivity index (χ2n) is 12.1. The first kappa shape index (κ1) is 25.2. The van der Waals surface area contributed by atoms with E-state index >= 15 is 0 Å². The van der Waals surface area contributed by atoms with E-state index in [2.05, 4.69) is 27.9 Å². The van der Waals surface area contributed by atoms with Gasteiger partial charge in [-0.2, -0.15) is 5.26 Å². The fourth-order valence-electron chi connectivity index (χ4n) is 6.24. The highest BCUT2D eigenvalue weighted by Crippen LogP contribution is 2.59. The van der Waals surface area contributed by atoms with Crippen LogP contribution in [0.5, 0.6) is 0 Å². The number of nitriles is 1. The number of aliphatic hydroxyl groups is 1. The third-order valence-corrected chi connectivity index (χ3v) is 7.53. The normalized spacial score (nSPS) is 29.1. The molecular formula is C27H35N7O3. The van der Waals surface area contributed by atoms with Gasteiger partial charge in [-0.3, -0.25) is 0 Å². The van der Waals surface area contributed by atoms with Gasteiger partial charge in [-0.1, -0.05) is 0 Å². The second-order valence-corrected chi connectivity index (χ2v) is 12.1. The molecule has 0 bridgehead atoms. The van der Waals surface area contributed by atoms with E-state index in [0.717, 1.165) is 17.2 Å². The summed E-state index contributed by atoms with van der Waals surface area (Å²) in [5, 5.41) is 20.2. The lowest BCUT2D eigenvalue weighted by atomic mass is 9.57. The van der Waals surface area contributed by atoms with E-state index < -0.39 is 11.2 Å². The predicted octanol–water partition coefficient (Wildman–Crippen LogP) is 3.51. The fourth-order valence-corrected chi connectivity index (χ4v) is 6.24. The van der Waals surface area contributed by atoms with E-state index in [1.165, 1.54) is 0 Å². The number of rotatable bonds is 2. The smallest absolute Gasteiger partial charge is 0.410 e. The molecule has 2 atom stereocenters. The molecular weight excluding hydrogens is 470 g/mol. The average molecular weight is 506 g/mol. The number of carbonyl (C=O) groups is 1. The van der Waals surface area contributed by atoms with E-state index in [0.29, 0.717) is 43.9 Å². The summed E-state index contributed by atoms with van der Waals surface area (Å²) in [5.74, 6) is 2.25. The first-order chi connectivity index (χ1) is 17.3. The Bertz CT molecular complexity index is 1260. The van der Waals surface area contributed by atoms with Gasteiger partial charge in [0.25, 0.3) is 0 Å². The van der Waals surface area contributed by atoms with Gasteiger partial charge in [-0.25, -0.2) is 19.7 Å². The van der Waals surface area contributed by atoms with E-state index in [1.54, 1.807) is 29.6 Å². The minimum absolute atomic E-state index is 0.00514. The van der Waals surface area contributed by atoms with Gasteiger partial charge in [0.05, 0.1) is 17.2 Å². The van der Waals surface area contributed by atoms with Gasteiger partial charge in [0.1, 0.15) is 29.4 Å². The molecule has 2 aliphatic heterocycles. The standard InChI is InChI=1S/C27H35N7O3/c1-17-12-33(24(35)37-25(3,4)5)18(2)11-32(17)22-21-23(31-16-30-22)34(15-27(21)13-26(6,36)14-27)20-9-19(10-28)7-8-29-20/h7-9,16-18,36H,11-15H2,1-6H3/t17-,18+,26?,27?/m0/s1. The minimum atomic E-state index is -0.767. The Labute approximate surface area is 217 Å². The number of hydrogen-bond donors (Lipinski definition) is 1. The number of nitrogens with zero attached hydrogens (tertiary/aromatic N) is 7. The van der Waals surface area contributed by atoms with Crippen LogP contribution in [-0.4, -0.2) is 74.0 Å². The van der Waals surface area contributed by atoms with Crippen molar-refractivity contribution in [2.45, 2.75) is 83.1 Å². The molecule has 1 saturated heterocycles. The molecule has 0 radical (unpaired) electrons. The quantitative estimate of drug-likeness (QED) is 0.654. The van der Waals surface area contributed by atoms with Crippen LogP contribution in [0.25, 0.3) is 0 Å². The second kappa shape index (κ2) is 8.55. The maximum atomic E-state index is 12.9. The lowest BCUT2D eigenvalue weighted by molar-refractivity contribution is -0.0695. The van der Waals surface area contributed by atoms with Crippen LogP contribution in [0.3, 0.4) is 0 Å². The van der Waals surface area contributed by atoms with Crippen LogP contribution in [0.4, 0.5) is 22.2 Å². The summed E-state index contributed by atoms with van der Waals surface area (Å²) in [6.45, 7) is 13.3. The number of aromatic nitrogens is 3. The Hall–Kier alpha value is -3.45. The van der Waals surface area contributed by atoms with Gasteiger partial charge < -0.3 is 24.5 Å². The number of anilines is 3. The molecule has 2 aromatic rings. The third-order valence-electron chi connectivity index (χ3n) is 7.53. The van der Waals surface area contributed by atoms with Crippen molar-refractivity contribution in [3.8, 4) is 6.07 Å². The maximum Gasteiger partial charge on any atom is 0.410 e. The third kappa shape index (κ3) is 4.46. The summed E-state index contributed by atoms with van der Waals surface area (Å²) in [6.07, 6.45) is 4.08. The summed E-state index contributed by atoms with van der Waals surface area (Å²) in [5.41, 5.74) is -0.112. The molecule has 1 spiro atoms. The summed E-state index contributed by atoms with van der Waals surface area (Å²) in [6, 6.07) is 5.56. The molecule has 1 saturated carbocycles. The number of pyridine rings is 1. The maximum absolute atomic E-state index is 12.9. The van der Waals surface area contributed by atoms with Crippen molar-refractivity contribution in [1.82, 2.24) is 19.9 Å². The number of ether oxygens (including phenoxy) is 1. The molecule has 1 amide bonds. The summed E-state index contributed by atoms with van der Waals surface area (Å²) in [4.78, 5) is 33.0. The van der Waals surface area contributed by atoms with E-state index in [9.17, 15) is 15.2 Å². The van der Waals surface area contributed by atoms with Crippen molar-refractivity contribution in [2.75, 3.05) is 29.4 Å². The summed E-state index contributed by atoms with van der Waals surface area (Å²) in [7, 11) is 0. The molecule has 10 heteroatoms. The minimum Gasteiger partial charge on any atom is -0.444 e. The Morgan fingerprint density at radius 3 is 2.51 bits per heavy atom. The Balaban J connectivity index is 1.51. The van der Waals surface area contributed by atoms with Gasteiger partial charge in [0, 0.05) is 48.9 Å². The average Bonchev–Trinajstić information content (AvgIpc) is 3.13. The topological polar surface area (TPSA) is 119 Å². The molecule has 1 aliphatic carbocycles. The molecule has 10 nitrogen and oxygen atoms in total. The zero-order valence-corrected chi connectivity index (χ0v) is 22.4. The molecule has 2 aromatic heterocycles. The van der Waals surface area contributed by atoms with Gasteiger partial charge >= 0.3 is 6.09 Å².